The molecule has 1 aromatic rings. The van der Waals surface area contributed by atoms with Crippen LogP contribution in [0.15, 0.2) is 18.2 Å². The molecule has 22 heavy (non-hydrogen) atoms. The topological polar surface area (TPSA) is 66.4 Å². The van der Waals surface area contributed by atoms with Gasteiger partial charge in [0.05, 0.1) is 0 Å². The van der Waals surface area contributed by atoms with Crippen molar-refractivity contribution in [3.05, 3.63) is 35.4 Å². The molecular weight excluding hydrogens is 292 g/mol. The van der Waals surface area contributed by atoms with Crippen molar-refractivity contribution in [3.8, 4) is 0 Å². The van der Waals surface area contributed by atoms with Gasteiger partial charge in [-0.2, -0.15) is 0 Å². The van der Waals surface area contributed by atoms with E-state index in [0.29, 0.717) is 6.42 Å². The highest BCUT2D eigenvalue weighted by Crippen LogP contribution is 2.23. The van der Waals surface area contributed by atoms with Crippen molar-refractivity contribution in [2.45, 2.75) is 45.6 Å². The Labute approximate surface area is 128 Å². The number of hydrogen-bond donors (Lipinski definition) is 2. The van der Waals surface area contributed by atoms with Crippen molar-refractivity contribution in [3.63, 3.8) is 0 Å². The van der Waals surface area contributed by atoms with E-state index >= 15 is 0 Å². The number of hydrogen-bond acceptors (Lipinski definition) is 2. The minimum Gasteiger partial charge on any atom is -0.480 e. The molecule has 0 aliphatic heterocycles. The second-order valence-corrected chi connectivity index (χ2v) is 5.54. The number of nitrogens with one attached hydrogen (secondary N) is 1. The summed E-state index contributed by atoms with van der Waals surface area (Å²) in [5.74, 6) is -3.64. The van der Waals surface area contributed by atoms with Gasteiger partial charge < -0.3 is 10.4 Å². The number of carbonyl (C=O) groups excluding carboxylic acids is 1. The van der Waals surface area contributed by atoms with Crippen LogP contribution in [0.3, 0.4) is 0 Å². The predicted molar refractivity (Wildman–Crippen MR) is 78.4 cm³/mol. The van der Waals surface area contributed by atoms with Crippen molar-refractivity contribution >= 4 is 11.9 Å². The minimum absolute atomic E-state index is 0.0667. The number of benzene rings is 1. The predicted octanol–water partition coefficient (Wildman–Crippen LogP) is 3.07. The maximum Gasteiger partial charge on any atom is 0.326 e. The lowest BCUT2D eigenvalue weighted by atomic mass is 9.95. The number of carboxylic acid groups (broad SMARTS) is 1. The van der Waals surface area contributed by atoms with Gasteiger partial charge in [-0.3, -0.25) is 4.79 Å². The highest BCUT2D eigenvalue weighted by Gasteiger charge is 2.26. The highest BCUT2D eigenvalue weighted by atomic mass is 19.1. The number of aliphatic carboxylic acids is 1. The van der Waals surface area contributed by atoms with E-state index in [1.165, 1.54) is 6.07 Å². The molecule has 3 unspecified atom stereocenters. The van der Waals surface area contributed by atoms with Crippen LogP contribution in [-0.4, -0.2) is 23.0 Å². The molecule has 3 atom stereocenters. The molecule has 0 spiro atoms. The fourth-order valence-electron chi connectivity index (χ4n) is 2.20. The fourth-order valence-corrected chi connectivity index (χ4v) is 2.20. The number of carboxylic acids is 1. The number of amides is 1. The molecule has 1 rings (SSSR count). The third-order valence-electron chi connectivity index (χ3n) is 3.78. The lowest BCUT2D eigenvalue weighted by Crippen LogP contribution is -2.45. The Hall–Kier alpha value is -1.98. The molecule has 6 heteroatoms. The smallest absolute Gasteiger partial charge is 0.326 e. The molecule has 122 valence electrons. The van der Waals surface area contributed by atoms with Crippen LogP contribution in [0.4, 0.5) is 8.78 Å². The van der Waals surface area contributed by atoms with Crippen LogP contribution >= 0.6 is 0 Å². The maximum absolute atomic E-state index is 13.7. The summed E-state index contributed by atoms with van der Waals surface area (Å²) >= 11 is 0. The van der Waals surface area contributed by atoms with E-state index in [0.717, 1.165) is 12.1 Å². The van der Waals surface area contributed by atoms with E-state index in [2.05, 4.69) is 5.32 Å². The second-order valence-electron chi connectivity index (χ2n) is 5.54. The van der Waals surface area contributed by atoms with E-state index in [1.54, 1.807) is 13.8 Å². The summed E-state index contributed by atoms with van der Waals surface area (Å²) in [5, 5.41) is 11.6. The molecule has 0 heterocycles. The van der Waals surface area contributed by atoms with Gasteiger partial charge in [-0.15, -0.1) is 0 Å². The van der Waals surface area contributed by atoms with Crippen molar-refractivity contribution in [1.29, 1.82) is 0 Å². The highest BCUT2D eigenvalue weighted by molar-refractivity contribution is 5.84. The molecule has 0 saturated carbocycles. The van der Waals surface area contributed by atoms with Gasteiger partial charge in [0.2, 0.25) is 5.91 Å². The summed E-state index contributed by atoms with van der Waals surface area (Å²) in [6, 6.07) is 2.23. The Kier molecular flexibility index (Phi) is 6.46. The van der Waals surface area contributed by atoms with Gasteiger partial charge in [0.15, 0.2) is 0 Å². The van der Waals surface area contributed by atoms with E-state index in [4.69, 9.17) is 5.11 Å². The van der Waals surface area contributed by atoms with Gasteiger partial charge >= 0.3 is 5.97 Å². The third kappa shape index (κ3) is 4.79. The summed E-state index contributed by atoms with van der Waals surface area (Å²) in [6.07, 6.45) is 0.544. The van der Waals surface area contributed by atoms with Crippen LogP contribution < -0.4 is 5.32 Å². The van der Waals surface area contributed by atoms with Crippen LogP contribution in [0, 0.1) is 17.6 Å². The van der Waals surface area contributed by atoms with Crippen LogP contribution in [0.2, 0.25) is 0 Å². The van der Waals surface area contributed by atoms with Crippen molar-refractivity contribution < 1.29 is 23.5 Å². The number of carbonyl (C=O) groups is 2. The zero-order valence-corrected chi connectivity index (χ0v) is 12.9. The number of rotatable bonds is 7. The Bertz CT molecular complexity index is 548. The second kappa shape index (κ2) is 7.87. The Morgan fingerprint density at radius 2 is 1.91 bits per heavy atom. The molecule has 0 aliphatic rings. The fraction of sp³-hybridized carbons (Fsp3) is 0.500. The van der Waals surface area contributed by atoms with E-state index in [-0.39, 0.29) is 17.9 Å². The first-order valence-corrected chi connectivity index (χ1v) is 7.23. The minimum atomic E-state index is -1.09. The molecule has 1 aromatic carbocycles. The maximum atomic E-state index is 13.7. The Balaban J connectivity index is 2.73. The lowest BCUT2D eigenvalue weighted by Gasteiger charge is -2.21. The third-order valence-corrected chi connectivity index (χ3v) is 3.78. The Morgan fingerprint density at radius 3 is 2.41 bits per heavy atom. The van der Waals surface area contributed by atoms with Crippen LogP contribution in [0.5, 0.6) is 0 Å². The van der Waals surface area contributed by atoms with Crippen molar-refractivity contribution in [2.75, 3.05) is 0 Å². The summed E-state index contributed by atoms with van der Waals surface area (Å²) in [5.41, 5.74) is 0.229. The molecule has 0 aromatic heterocycles. The molecule has 4 nitrogen and oxygen atoms in total. The van der Waals surface area contributed by atoms with E-state index in [1.807, 2.05) is 6.92 Å². The van der Waals surface area contributed by atoms with Crippen LogP contribution in [0.1, 0.15) is 45.1 Å². The quantitative estimate of drug-likeness (QED) is 0.813. The lowest BCUT2D eigenvalue weighted by molar-refractivity contribution is -0.143. The zero-order chi connectivity index (χ0) is 16.9. The SMILES string of the molecule is CCC(C)C(NC(=O)CC(C)c1ccc(F)cc1F)C(=O)O. The first kappa shape index (κ1) is 18.1. The Morgan fingerprint density at radius 1 is 1.27 bits per heavy atom. The normalized spacial score (nSPS) is 15.0. The van der Waals surface area contributed by atoms with Crippen molar-refractivity contribution in [2.24, 2.45) is 5.92 Å². The van der Waals surface area contributed by atoms with Gasteiger partial charge in [-0.25, -0.2) is 13.6 Å². The van der Waals surface area contributed by atoms with Crippen LogP contribution in [0.25, 0.3) is 0 Å². The molecule has 0 aliphatic carbocycles. The van der Waals surface area contributed by atoms with E-state index in [9.17, 15) is 18.4 Å². The summed E-state index contributed by atoms with van der Waals surface area (Å²) < 4.78 is 26.5. The van der Waals surface area contributed by atoms with Gasteiger partial charge in [0.25, 0.3) is 0 Å². The average molecular weight is 313 g/mol. The molecule has 2 N–H and O–H groups in total. The molecular formula is C16H21F2NO3. The monoisotopic (exact) mass is 313 g/mol. The molecule has 0 radical (unpaired) electrons. The molecule has 0 bridgehead atoms. The van der Waals surface area contributed by atoms with Crippen molar-refractivity contribution in [1.82, 2.24) is 5.32 Å². The van der Waals surface area contributed by atoms with Crippen LogP contribution in [-0.2, 0) is 9.59 Å². The molecule has 0 saturated heterocycles. The zero-order valence-electron chi connectivity index (χ0n) is 12.9. The van der Waals surface area contributed by atoms with Gasteiger partial charge in [0, 0.05) is 12.5 Å². The first-order chi connectivity index (χ1) is 10.3. The summed E-state index contributed by atoms with van der Waals surface area (Å²) in [7, 11) is 0. The number of halogens is 2. The van der Waals surface area contributed by atoms with Gasteiger partial charge in [-0.1, -0.05) is 33.3 Å². The van der Waals surface area contributed by atoms with E-state index < -0.39 is 35.5 Å². The molecule has 0 fully saturated rings. The molecule has 1 amide bonds. The van der Waals surface area contributed by atoms with Gasteiger partial charge in [-0.05, 0) is 23.5 Å². The largest absolute Gasteiger partial charge is 0.480 e. The first-order valence-electron chi connectivity index (χ1n) is 7.23. The standard InChI is InChI=1S/C16H21F2NO3/c1-4-9(2)15(16(21)22)19-14(20)7-10(3)12-6-5-11(17)8-13(12)18/h5-6,8-10,15H,4,7H2,1-3H3,(H,19,20)(H,21,22). The van der Waals surface area contributed by atoms with Gasteiger partial charge in [0.1, 0.15) is 17.7 Å². The summed E-state index contributed by atoms with van der Waals surface area (Å²) in [4.78, 5) is 23.1. The average Bonchev–Trinajstić information content (AvgIpc) is 2.43. The summed E-state index contributed by atoms with van der Waals surface area (Å²) in [6.45, 7) is 5.21.